The number of hydrogen-bond acceptors (Lipinski definition) is 4. The summed E-state index contributed by atoms with van der Waals surface area (Å²) in [5.74, 6) is -0.168. The zero-order chi connectivity index (χ0) is 9.97. The predicted octanol–water partition coefficient (Wildman–Crippen LogP) is 0.441. The Balaban J connectivity index is 2.39. The van der Waals surface area contributed by atoms with Gasteiger partial charge in [-0.15, -0.1) is 5.10 Å². The first-order valence-corrected chi connectivity index (χ1v) is 4.09. The fourth-order valence-electron chi connectivity index (χ4n) is 1.12. The number of carbonyl (C=O) groups is 1. The monoisotopic (exact) mass is 188 g/mol. The Hall–Kier alpha value is -2.04. The van der Waals surface area contributed by atoms with Gasteiger partial charge in [-0.1, -0.05) is 11.3 Å². The molecule has 0 atom stereocenters. The van der Waals surface area contributed by atoms with Crippen molar-refractivity contribution in [3.05, 3.63) is 42.0 Å². The highest BCUT2D eigenvalue weighted by Gasteiger charge is 2.13. The zero-order valence-corrected chi connectivity index (χ0v) is 7.58. The van der Waals surface area contributed by atoms with Crippen LogP contribution in [0.2, 0.25) is 0 Å². The smallest absolute Gasteiger partial charge is 0.230 e. The first-order chi connectivity index (χ1) is 6.79. The maximum atomic E-state index is 11.8. The van der Waals surface area contributed by atoms with Gasteiger partial charge < -0.3 is 0 Å². The van der Waals surface area contributed by atoms with E-state index >= 15 is 0 Å². The van der Waals surface area contributed by atoms with Crippen molar-refractivity contribution in [3.63, 3.8) is 0 Å². The highest BCUT2D eigenvalue weighted by Crippen LogP contribution is 2.03. The molecule has 2 heterocycles. The van der Waals surface area contributed by atoms with Crippen LogP contribution in [0.3, 0.4) is 0 Å². The number of aryl methyl sites for hydroxylation is 1. The van der Waals surface area contributed by atoms with Crippen LogP contribution in [0, 0.1) is 0 Å². The molecule has 0 N–H and O–H groups in total. The lowest BCUT2D eigenvalue weighted by molar-refractivity contribution is 0.102. The third kappa shape index (κ3) is 1.39. The van der Waals surface area contributed by atoms with Crippen molar-refractivity contribution in [1.29, 1.82) is 0 Å². The van der Waals surface area contributed by atoms with E-state index in [-0.39, 0.29) is 5.78 Å². The predicted molar refractivity (Wildman–Crippen MR) is 48.7 cm³/mol. The lowest BCUT2D eigenvalue weighted by atomic mass is 10.2. The average molecular weight is 188 g/mol. The summed E-state index contributed by atoms with van der Waals surface area (Å²) in [6.45, 7) is 0. The van der Waals surface area contributed by atoms with E-state index in [0.717, 1.165) is 0 Å². The molecule has 0 aliphatic carbocycles. The van der Waals surface area contributed by atoms with Gasteiger partial charge in [-0.25, -0.2) is 4.68 Å². The van der Waals surface area contributed by atoms with Crippen molar-refractivity contribution in [1.82, 2.24) is 20.0 Å². The fourth-order valence-corrected chi connectivity index (χ4v) is 1.12. The van der Waals surface area contributed by atoms with Crippen LogP contribution in [0.5, 0.6) is 0 Å². The molecular formula is C9H8N4O. The van der Waals surface area contributed by atoms with Gasteiger partial charge >= 0.3 is 0 Å². The van der Waals surface area contributed by atoms with Crippen LogP contribution in [-0.4, -0.2) is 25.8 Å². The number of ketones is 1. The van der Waals surface area contributed by atoms with Gasteiger partial charge in [-0.3, -0.25) is 9.78 Å². The molecule has 0 spiro atoms. The summed E-state index contributed by atoms with van der Waals surface area (Å²) in [5.41, 5.74) is 0.835. The Labute approximate surface area is 80.4 Å². The molecule has 0 saturated carbocycles. The van der Waals surface area contributed by atoms with Crippen LogP contribution in [0.1, 0.15) is 16.2 Å². The summed E-state index contributed by atoms with van der Waals surface area (Å²) in [4.78, 5) is 15.7. The van der Waals surface area contributed by atoms with Crippen LogP contribution >= 0.6 is 0 Å². The number of hydrogen-bond donors (Lipinski definition) is 0. The second-order valence-corrected chi connectivity index (χ2v) is 2.79. The lowest BCUT2D eigenvalue weighted by Gasteiger charge is -1.97. The van der Waals surface area contributed by atoms with Crippen molar-refractivity contribution in [2.75, 3.05) is 0 Å². The van der Waals surface area contributed by atoms with Gasteiger partial charge in [0.25, 0.3) is 0 Å². The minimum Gasteiger partial charge on any atom is -0.285 e. The molecule has 0 aromatic carbocycles. The third-order valence-electron chi connectivity index (χ3n) is 1.84. The molecular weight excluding hydrogens is 180 g/mol. The molecule has 70 valence electrons. The van der Waals surface area contributed by atoms with E-state index in [4.69, 9.17) is 0 Å². The number of aromatic nitrogens is 4. The van der Waals surface area contributed by atoms with E-state index in [1.807, 2.05) is 0 Å². The Bertz CT molecular complexity index is 449. The average Bonchev–Trinajstić information content (AvgIpc) is 2.65. The van der Waals surface area contributed by atoms with E-state index in [0.29, 0.717) is 11.4 Å². The van der Waals surface area contributed by atoms with Crippen molar-refractivity contribution >= 4 is 5.78 Å². The molecule has 2 aromatic rings. The Morgan fingerprint density at radius 2 is 2.29 bits per heavy atom. The molecule has 0 aliphatic rings. The van der Waals surface area contributed by atoms with Gasteiger partial charge in [0, 0.05) is 13.2 Å². The van der Waals surface area contributed by atoms with E-state index in [1.165, 1.54) is 10.9 Å². The van der Waals surface area contributed by atoms with Gasteiger partial charge in [0.1, 0.15) is 11.4 Å². The van der Waals surface area contributed by atoms with Crippen LogP contribution in [0.15, 0.2) is 30.6 Å². The second kappa shape index (κ2) is 3.37. The summed E-state index contributed by atoms with van der Waals surface area (Å²) < 4.78 is 1.43. The van der Waals surface area contributed by atoms with E-state index in [2.05, 4.69) is 15.3 Å². The molecule has 0 saturated heterocycles. The van der Waals surface area contributed by atoms with Crippen molar-refractivity contribution in [2.45, 2.75) is 0 Å². The molecule has 0 unspecified atom stereocenters. The maximum absolute atomic E-state index is 11.8. The number of carbonyl (C=O) groups excluding carboxylic acids is 1. The topological polar surface area (TPSA) is 60.7 Å². The molecule has 14 heavy (non-hydrogen) atoms. The summed E-state index contributed by atoms with van der Waals surface area (Å²) in [6.07, 6.45) is 3.01. The van der Waals surface area contributed by atoms with Gasteiger partial charge in [0.2, 0.25) is 5.78 Å². The molecule has 0 amide bonds. The van der Waals surface area contributed by atoms with E-state index < -0.39 is 0 Å². The maximum Gasteiger partial charge on any atom is 0.230 e. The number of nitrogens with zero attached hydrogens (tertiary/aromatic N) is 4. The van der Waals surface area contributed by atoms with Gasteiger partial charge in [0.05, 0.1) is 6.20 Å². The molecule has 5 nitrogen and oxygen atoms in total. The van der Waals surface area contributed by atoms with Crippen LogP contribution in [0.25, 0.3) is 0 Å². The van der Waals surface area contributed by atoms with Gasteiger partial charge in [0.15, 0.2) is 0 Å². The zero-order valence-electron chi connectivity index (χ0n) is 7.58. The molecule has 0 bridgehead atoms. The summed E-state index contributed by atoms with van der Waals surface area (Å²) >= 11 is 0. The summed E-state index contributed by atoms with van der Waals surface area (Å²) in [6, 6.07) is 5.19. The summed E-state index contributed by atoms with van der Waals surface area (Å²) in [5, 5.41) is 7.31. The lowest BCUT2D eigenvalue weighted by Crippen LogP contribution is -2.09. The van der Waals surface area contributed by atoms with Crippen LogP contribution in [0.4, 0.5) is 0 Å². The molecule has 5 heteroatoms. The third-order valence-corrected chi connectivity index (χ3v) is 1.84. The molecule has 0 aliphatic heterocycles. The van der Waals surface area contributed by atoms with E-state index in [1.54, 1.807) is 31.4 Å². The number of rotatable bonds is 2. The first kappa shape index (κ1) is 8.55. The van der Waals surface area contributed by atoms with Gasteiger partial charge in [-0.2, -0.15) is 0 Å². The standard InChI is InChI=1S/C9H8N4O/c1-13-8(6-11-12-13)9(14)7-4-2-3-5-10-7/h2-6H,1H3. The highest BCUT2D eigenvalue weighted by molar-refractivity contribution is 6.06. The molecule has 0 radical (unpaired) electrons. The van der Waals surface area contributed by atoms with Crippen LogP contribution < -0.4 is 0 Å². The quantitative estimate of drug-likeness (QED) is 0.641. The number of pyridine rings is 1. The Kier molecular flexibility index (Phi) is 2.06. The minimum absolute atomic E-state index is 0.168. The highest BCUT2D eigenvalue weighted by atomic mass is 16.1. The van der Waals surface area contributed by atoms with Crippen LogP contribution in [-0.2, 0) is 7.05 Å². The van der Waals surface area contributed by atoms with Gasteiger partial charge in [-0.05, 0) is 12.1 Å². The van der Waals surface area contributed by atoms with E-state index in [9.17, 15) is 4.79 Å². The SMILES string of the molecule is Cn1nncc1C(=O)c1ccccn1. The first-order valence-electron chi connectivity index (χ1n) is 4.09. The normalized spacial score (nSPS) is 10.1. The second-order valence-electron chi connectivity index (χ2n) is 2.79. The van der Waals surface area contributed by atoms with Crippen molar-refractivity contribution in [2.24, 2.45) is 7.05 Å². The minimum atomic E-state index is -0.168. The Morgan fingerprint density at radius 1 is 1.43 bits per heavy atom. The molecule has 2 aromatic heterocycles. The Morgan fingerprint density at radius 3 is 2.86 bits per heavy atom. The van der Waals surface area contributed by atoms with Crippen molar-refractivity contribution in [3.8, 4) is 0 Å². The summed E-state index contributed by atoms with van der Waals surface area (Å²) in [7, 11) is 1.67. The molecule has 2 rings (SSSR count). The van der Waals surface area contributed by atoms with Crippen molar-refractivity contribution < 1.29 is 4.79 Å². The fraction of sp³-hybridized carbons (Fsp3) is 0.111. The largest absolute Gasteiger partial charge is 0.285 e. The molecule has 0 fully saturated rings.